The molecule has 6 heteroatoms. The van der Waals surface area contributed by atoms with Gasteiger partial charge in [-0.1, -0.05) is 0 Å². The Morgan fingerprint density at radius 1 is 1.33 bits per heavy atom. The van der Waals surface area contributed by atoms with Crippen molar-refractivity contribution in [2.45, 2.75) is 51.2 Å². The Morgan fingerprint density at radius 3 is 2.71 bits per heavy atom. The second-order valence-corrected chi connectivity index (χ2v) is 6.55. The molecule has 0 aromatic carbocycles. The van der Waals surface area contributed by atoms with Crippen molar-refractivity contribution in [2.75, 3.05) is 6.54 Å². The standard InChI is InChI=1S/C15H22N4O2/c1-15(2)14(21)19(8-3-7-18-9-6-16-10-18)12(11-4-5-11)13(20)17-15/h6,9-12H,3-5,7-8H2,1-2H3,(H,17,20). The van der Waals surface area contributed by atoms with Gasteiger partial charge in [-0.3, -0.25) is 9.59 Å². The molecule has 1 N–H and O–H groups in total. The Hall–Kier alpha value is -1.85. The molecule has 1 saturated heterocycles. The number of piperazine rings is 1. The molecule has 0 radical (unpaired) electrons. The number of carbonyl (C=O) groups excluding carboxylic acids is 2. The summed E-state index contributed by atoms with van der Waals surface area (Å²) in [6.45, 7) is 4.98. The van der Waals surface area contributed by atoms with Gasteiger partial charge in [0.1, 0.15) is 11.6 Å². The lowest BCUT2D eigenvalue weighted by molar-refractivity contribution is -0.154. The quantitative estimate of drug-likeness (QED) is 0.872. The first kappa shape index (κ1) is 14.1. The fraction of sp³-hybridized carbons (Fsp3) is 0.667. The molecule has 1 aromatic heterocycles. The summed E-state index contributed by atoms with van der Waals surface area (Å²) < 4.78 is 1.99. The maximum absolute atomic E-state index is 12.6. The molecule has 1 saturated carbocycles. The lowest BCUT2D eigenvalue weighted by Crippen LogP contribution is -2.68. The highest BCUT2D eigenvalue weighted by Gasteiger charge is 2.50. The molecular weight excluding hydrogens is 268 g/mol. The van der Waals surface area contributed by atoms with Crippen molar-refractivity contribution in [3.05, 3.63) is 18.7 Å². The smallest absolute Gasteiger partial charge is 0.248 e. The SMILES string of the molecule is CC1(C)NC(=O)C(C2CC2)N(CCCn2ccnc2)C1=O. The van der Waals surface area contributed by atoms with Crippen molar-refractivity contribution in [1.29, 1.82) is 0 Å². The van der Waals surface area contributed by atoms with Gasteiger partial charge in [0.25, 0.3) is 0 Å². The Kier molecular flexibility index (Phi) is 3.47. The first-order chi connectivity index (χ1) is 9.99. The lowest BCUT2D eigenvalue weighted by Gasteiger charge is -2.43. The highest BCUT2D eigenvalue weighted by molar-refractivity contribution is 5.99. The normalized spacial score (nSPS) is 25.0. The van der Waals surface area contributed by atoms with Crippen molar-refractivity contribution in [3.63, 3.8) is 0 Å². The number of rotatable bonds is 5. The Morgan fingerprint density at radius 2 is 2.10 bits per heavy atom. The maximum Gasteiger partial charge on any atom is 0.248 e. The van der Waals surface area contributed by atoms with Crippen LogP contribution in [0, 0.1) is 5.92 Å². The van der Waals surface area contributed by atoms with Gasteiger partial charge in [0.2, 0.25) is 11.8 Å². The first-order valence-electron chi connectivity index (χ1n) is 7.58. The van der Waals surface area contributed by atoms with E-state index in [2.05, 4.69) is 10.3 Å². The van der Waals surface area contributed by atoms with Crippen LogP contribution in [0.2, 0.25) is 0 Å². The molecule has 114 valence electrons. The molecule has 2 heterocycles. The van der Waals surface area contributed by atoms with E-state index >= 15 is 0 Å². The van der Waals surface area contributed by atoms with E-state index in [1.54, 1.807) is 31.3 Å². The van der Waals surface area contributed by atoms with Crippen molar-refractivity contribution >= 4 is 11.8 Å². The molecule has 1 aromatic rings. The zero-order chi connectivity index (χ0) is 15.0. The number of hydrogen-bond donors (Lipinski definition) is 1. The summed E-state index contributed by atoms with van der Waals surface area (Å²) in [6.07, 6.45) is 8.35. The van der Waals surface area contributed by atoms with E-state index in [1.165, 1.54) is 0 Å². The minimum Gasteiger partial charge on any atom is -0.340 e. The number of nitrogens with one attached hydrogen (secondary N) is 1. The van der Waals surface area contributed by atoms with E-state index < -0.39 is 5.54 Å². The molecule has 3 rings (SSSR count). The summed E-state index contributed by atoms with van der Waals surface area (Å²) in [5, 5.41) is 2.87. The fourth-order valence-corrected chi connectivity index (χ4v) is 3.03. The number of nitrogens with zero attached hydrogens (tertiary/aromatic N) is 3. The van der Waals surface area contributed by atoms with Gasteiger partial charge >= 0.3 is 0 Å². The first-order valence-corrected chi connectivity index (χ1v) is 7.58. The van der Waals surface area contributed by atoms with Crippen molar-refractivity contribution in [3.8, 4) is 0 Å². The molecule has 1 unspecified atom stereocenters. The second kappa shape index (κ2) is 5.16. The topological polar surface area (TPSA) is 67.2 Å². The van der Waals surface area contributed by atoms with E-state index in [0.717, 1.165) is 25.8 Å². The third-order valence-corrected chi connectivity index (χ3v) is 4.28. The number of imidazole rings is 1. The van der Waals surface area contributed by atoms with Crippen LogP contribution in [0.25, 0.3) is 0 Å². The summed E-state index contributed by atoms with van der Waals surface area (Å²) in [4.78, 5) is 30.7. The molecule has 21 heavy (non-hydrogen) atoms. The number of aryl methyl sites for hydroxylation is 1. The average molecular weight is 290 g/mol. The minimum absolute atomic E-state index is 0.00438. The predicted molar refractivity (Wildman–Crippen MR) is 77.3 cm³/mol. The van der Waals surface area contributed by atoms with E-state index in [0.29, 0.717) is 12.5 Å². The second-order valence-electron chi connectivity index (χ2n) is 6.55. The van der Waals surface area contributed by atoms with Crippen LogP contribution in [0.15, 0.2) is 18.7 Å². The number of amides is 2. The highest BCUT2D eigenvalue weighted by Crippen LogP contribution is 2.38. The number of hydrogen-bond acceptors (Lipinski definition) is 3. The predicted octanol–water partition coefficient (Wildman–Crippen LogP) is 0.789. The van der Waals surface area contributed by atoms with Crippen LogP contribution in [0.1, 0.15) is 33.1 Å². The van der Waals surface area contributed by atoms with Crippen LogP contribution in [0.3, 0.4) is 0 Å². The minimum atomic E-state index is -0.794. The molecular formula is C15H22N4O2. The van der Waals surface area contributed by atoms with Crippen LogP contribution < -0.4 is 5.32 Å². The highest BCUT2D eigenvalue weighted by atomic mass is 16.2. The molecule has 1 atom stereocenters. The van der Waals surface area contributed by atoms with Gasteiger partial charge in [-0.15, -0.1) is 0 Å². The van der Waals surface area contributed by atoms with Gasteiger partial charge in [0, 0.05) is 25.5 Å². The van der Waals surface area contributed by atoms with Crippen molar-refractivity contribution < 1.29 is 9.59 Å². The van der Waals surface area contributed by atoms with Gasteiger partial charge in [0.15, 0.2) is 0 Å². The number of carbonyl (C=O) groups is 2. The summed E-state index contributed by atoms with van der Waals surface area (Å²) >= 11 is 0. The van der Waals surface area contributed by atoms with Gasteiger partial charge in [-0.25, -0.2) is 4.98 Å². The zero-order valence-electron chi connectivity index (χ0n) is 12.6. The molecule has 0 bridgehead atoms. The third kappa shape index (κ3) is 2.80. The Balaban J connectivity index is 1.68. The largest absolute Gasteiger partial charge is 0.340 e. The molecule has 2 aliphatic rings. The van der Waals surface area contributed by atoms with Gasteiger partial charge in [0.05, 0.1) is 6.33 Å². The molecule has 2 amide bonds. The summed E-state index contributed by atoms with van der Waals surface area (Å²) in [7, 11) is 0. The van der Waals surface area contributed by atoms with Crippen LogP contribution in [0.4, 0.5) is 0 Å². The van der Waals surface area contributed by atoms with Gasteiger partial charge in [-0.2, -0.15) is 0 Å². The average Bonchev–Trinajstić information content (AvgIpc) is 3.10. The summed E-state index contributed by atoms with van der Waals surface area (Å²) in [5.41, 5.74) is -0.794. The van der Waals surface area contributed by atoms with Gasteiger partial charge < -0.3 is 14.8 Å². The van der Waals surface area contributed by atoms with E-state index in [1.807, 2.05) is 10.8 Å². The Labute approximate surface area is 124 Å². The van der Waals surface area contributed by atoms with Crippen LogP contribution in [0.5, 0.6) is 0 Å². The lowest BCUT2D eigenvalue weighted by atomic mass is 9.94. The molecule has 1 aliphatic carbocycles. The number of aromatic nitrogens is 2. The van der Waals surface area contributed by atoms with Crippen LogP contribution in [-0.2, 0) is 16.1 Å². The molecule has 2 fully saturated rings. The van der Waals surface area contributed by atoms with Crippen LogP contribution >= 0.6 is 0 Å². The van der Waals surface area contributed by atoms with Crippen LogP contribution in [-0.4, -0.2) is 44.4 Å². The monoisotopic (exact) mass is 290 g/mol. The third-order valence-electron chi connectivity index (χ3n) is 4.28. The van der Waals surface area contributed by atoms with Crippen molar-refractivity contribution in [1.82, 2.24) is 19.8 Å². The summed E-state index contributed by atoms with van der Waals surface area (Å²) in [5.74, 6) is 0.382. The Bertz CT molecular complexity index is 534. The van der Waals surface area contributed by atoms with Crippen molar-refractivity contribution in [2.24, 2.45) is 5.92 Å². The summed E-state index contributed by atoms with van der Waals surface area (Å²) in [6, 6.07) is -0.270. The van der Waals surface area contributed by atoms with E-state index in [-0.39, 0.29) is 17.9 Å². The zero-order valence-corrected chi connectivity index (χ0v) is 12.6. The molecule has 6 nitrogen and oxygen atoms in total. The molecule has 1 aliphatic heterocycles. The van der Waals surface area contributed by atoms with E-state index in [4.69, 9.17) is 0 Å². The van der Waals surface area contributed by atoms with Gasteiger partial charge in [-0.05, 0) is 39.0 Å². The fourth-order valence-electron chi connectivity index (χ4n) is 3.03. The maximum atomic E-state index is 12.6. The molecule has 0 spiro atoms. The van der Waals surface area contributed by atoms with E-state index in [9.17, 15) is 9.59 Å².